The van der Waals surface area contributed by atoms with Crippen LogP contribution in [0, 0.1) is 6.92 Å². The third-order valence-corrected chi connectivity index (χ3v) is 6.14. The van der Waals surface area contributed by atoms with E-state index in [1.165, 1.54) is 5.56 Å². The van der Waals surface area contributed by atoms with Gasteiger partial charge in [0, 0.05) is 23.7 Å². The Morgan fingerprint density at radius 3 is 2.69 bits per heavy atom. The fourth-order valence-corrected chi connectivity index (χ4v) is 4.39. The molecule has 3 heterocycles. The summed E-state index contributed by atoms with van der Waals surface area (Å²) in [6, 6.07) is 14.2. The zero-order valence-corrected chi connectivity index (χ0v) is 18.8. The number of imidazole rings is 1. The number of aromatic nitrogens is 5. The first-order valence-corrected chi connectivity index (χ1v) is 11.1. The zero-order chi connectivity index (χ0) is 22.1. The van der Waals surface area contributed by atoms with Gasteiger partial charge < -0.3 is 13.9 Å². The summed E-state index contributed by atoms with van der Waals surface area (Å²) in [5.41, 5.74) is 4.18. The number of hydrogen-bond donors (Lipinski definition) is 0. The van der Waals surface area contributed by atoms with Gasteiger partial charge in [-0.3, -0.25) is 0 Å². The number of methoxy groups -OCH3 is 1. The van der Waals surface area contributed by atoms with Crippen molar-refractivity contribution in [2.45, 2.75) is 32.2 Å². The summed E-state index contributed by atoms with van der Waals surface area (Å²) in [5, 5.41) is 9.76. The molecule has 4 aromatic rings. The van der Waals surface area contributed by atoms with E-state index in [1.807, 2.05) is 48.0 Å². The number of ether oxygens (including phenoxy) is 1. The molecule has 5 rings (SSSR count). The molecule has 1 unspecified atom stereocenters. The van der Waals surface area contributed by atoms with Crippen LogP contribution in [0.15, 0.2) is 55.0 Å². The monoisotopic (exact) mass is 445 g/mol. The van der Waals surface area contributed by atoms with Gasteiger partial charge >= 0.3 is 0 Å². The number of fused-ring (bicyclic) bond motifs is 1. The van der Waals surface area contributed by atoms with Gasteiger partial charge in [-0.2, -0.15) is 0 Å². The van der Waals surface area contributed by atoms with Crippen LogP contribution in [0.1, 0.15) is 47.2 Å². The quantitative estimate of drug-likeness (QED) is 0.405. The normalized spacial score (nSPS) is 15.8. The highest BCUT2D eigenvalue weighted by atomic mass is 35.5. The van der Waals surface area contributed by atoms with E-state index >= 15 is 0 Å². The van der Waals surface area contributed by atoms with Crippen molar-refractivity contribution in [2.24, 2.45) is 0 Å². The van der Waals surface area contributed by atoms with E-state index in [1.54, 1.807) is 13.4 Å². The second-order valence-corrected chi connectivity index (χ2v) is 8.44. The van der Waals surface area contributed by atoms with E-state index in [9.17, 15) is 0 Å². The molecule has 7 heteroatoms. The Kier molecular flexibility index (Phi) is 5.53. The molecule has 2 aromatic carbocycles. The van der Waals surface area contributed by atoms with Crippen molar-refractivity contribution in [3.63, 3.8) is 0 Å². The molecule has 0 amide bonds. The number of halogens is 1. The lowest BCUT2D eigenvalue weighted by molar-refractivity contribution is 0.413. The van der Waals surface area contributed by atoms with Crippen LogP contribution >= 0.6 is 11.6 Å². The molecule has 0 bridgehead atoms. The van der Waals surface area contributed by atoms with Gasteiger partial charge in [-0.1, -0.05) is 35.9 Å². The Morgan fingerprint density at radius 2 is 1.94 bits per heavy atom. The SMILES string of the molecule is COc1cc(/C=C/c2nnc3n2CCCC3c2ccc(Cl)cc2)ccc1-n1cnc(C)c1. The predicted octanol–water partition coefficient (Wildman–Crippen LogP) is 5.53. The van der Waals surface area contributed by atoms with Crippen molar-refractivity contribution in [2.75, 3.05) is 7.11 Å². The van der Waals surface area contributed by atoms with E-state index in [0.29, 0.717) is 0 Å². The van der Waals surface area contributed by atoms with Crippen LogP contribution in [0.2, 0.25) is 5.02 Å². The average Bonchev–Trinajstić information content (AvgIpc) is 3.44. The third-order valence-electron chi connectivity index (χ3n) is 5.89. The fourth-order valence-electron chi connectivity index (χ4n) is 4.27. The third kappa shape index (κ3) is 3.94. The van der Waals surface area contributed by atoms with Crippen molar-refractivity contribution >= 4 is 23.8 Å². The van der Waals surface area contributed by atoms with Gasteiger partial charge in [0.2, 0.25) is 0 Å². The summed E-state index contributed by atoms with van der Waals surface area (Å²) in [6.07, 6.45) is 10.0. The fraction of sp³-hybridized carbons (Fsp3) is 0.240. The molecule has 0 N–H and O–H groups in total. The first-order valence-electron chi connectivity index (χ1n) is 10.7. The molecule has 1 atom stereocenters. The number of nitrogens with zero attached hydrogens (tertiary/aromatic N) is 5. The largest absolute Gasteiger partial charge is 0.495 e. The Hall–Kier alpha value is -3.38. The van der Waals surface area contributed by atoms with Gasteiger partial charge in [0.1, 0.15) is 11.6 Å². The molecule has 6 nitrogen and oxygen atoms in total. The molecule has 0 saturated heterocycles. The maximum atomic E-state index is 6.07. The number of benzene rings is 2. The Morgan fingerprint density at radius 1 is 1.09 bits per heavy atom. The van der Waals surface area contributed by atoms with E-state index in [-0.39, 0.29) is 5.92 Å². The first-order chi connectivity index (χ1) is 15.6. The molecular weight excluding hydrogens is 422 g/mol. The maximum Gasteiger partial charge on any atom is 0.156 e. The van der Waals surface area contributed by atoms with Crippen LogP contribution in [-0.2, 0) is 6.54 Å². The molecule has 0 aliphatic carbocycles. The molecule has 1 aliphatic heterocycles. The summed E-state index contributed by atoms with van der Waals surface area (Å²) in [6.45, 7) is 2.89. The minimum atomic E-state index is 0.244. The minimum absolute atomic E-state index is 0.244. The highest BCUT2D eigenvalue weighted by Gasteiger charge is 2.25. The van der Waals surface area contributed by atoms with E-state index < -0.39 is 0 Å². The maximum absolute atomic E-state index is 6.07. The molecular formula is C25H24ClN5O. The molecule has 32 heavy (non-hydrogen) atoms. The molecule has 0 radical (unpaired) electrons. The molecule has 162 valence electrons. The van der Waals surface area contributed by atoms with Crippen LogP contribution in [0.5, 0.6) is 5.75 Å². The number of aryl methyl sites for hydroxylation is 1. The van der Waals surface area contributed by atoms with Gasteiger partial charge in [-0.25, -0.2) is 4.98 Å². The van der Waals surface area contributed by atoms with Crippen molar-refractivity contribution in [1.82, 2.24) is 24.3 Å². The molecule has 0 fully saturated rings. The summed E-state index contributed by atoms with van der Waals surface area (Å²) >= 11 is 6.07. The molecule has 1 aliphatic rings. The van der Waals surface area contributed by atoms with E-state index in [2.05, 4.69) is 44.0 Å². The van der Waals surface area contributed by atoms with Crippen LogP contribution in [-0.4, -0.2) is 31.4 Å². The van der Waals surface area contributed by atoms with Gasteiger partial charge in [-0.05, 0) is 61.2 Å². The highest BCUT2D eigenvalue weighted by molar-refractivity contribution is 6.30. The average molecular weight is 446 g/mol. The molecule has 2 aromatic heterocycles. The Balaban J connectivity index is 1.41. The van der Waals surface area contributed by atoms with Crippen LogP contribution < -0.4 is 4.74 Å². The van der Waals surface area contributed by atoms with Crippen molar-refractivity contribution in [3.8, 4) is 11.4 Å². The van der Waals surface area contributed by atoms with Gasteiger partial charge in [0.05, 0.1) is 24.8 Å². The summed E-state index contributed by atoms with van der Waals surface area (Å²) < 4.78 is 9.81. The van der Waals surface area contributed by atoms with Crippen LogP contribution in [0.4, 0.5) is 0 Å². The number of hydrogen-bond acceptors (Lipinski definition) is 4. The summed E-state index contributed by atoms with van der Waals surface area (Å²) in [4.78, 5) is 4.30. The van der Waals surface area contributed by atoms with E-state index in [4.69, 9.17) is 16.3 Å². The van der Waals surface area contributed by atoms with Gasteiger partial charge in [0.15, 0.2) is 5.82 Å². The number of rotatable bonds is 5. The standard InChI is InChI=1S/C25H24ClN5O/c1-17-15-30(16-27-17)22-11-5-18(14-23(22)32-2)6-12-24-28-29-25-21(4-3-13-31(24)25)19-7-9-20(26)10-8-19/h5-12,14-16,21H,3-4,13H2,1-2H3/b12-6+. The van der Waals surface area contributed by atoms with Gasteiger partial charge in [-0.15, -0.1) is 10.2 Å². The summed E-state index contributed by atoms with van der Waals surface area (Å²) in [5.74, 6) is 2.91. The van der Waals surface area contributed by atoms with Crippen LogP contribution in [0.3, 0.4) is 0 Å². The highest BCUT2D eigenvalue weighted by Crippen LogP contribution is 2.33. The first kappa shape index (κ1) is 20.5. The van der Waals surface area contributed by atoms with Gasteiger partial charge in [0.25, 0.3) is 0 Å². The lowest BCUT2D eigenvalue weighted by Crippen LogP contribution is -2.17. The predicted molar refractivity (Wildman–Crippen MR) is 126 cm³/mol. The Labute approximate surface area is 192 Å². The lowest BCUT2D eigenvalue weighted by atomic mass is 9.91. The smallest absolute Gasteiger partial charge is 0.156 e. The lowest BCUT2D eigenvalue weighted by Gasteiger charge is -2.23. The summed E-state index contributed by atoms with van der Waals surface area (Å²) in [7, 11) is 1.68. The second kappa shape index (κ2) is 8.63. The minimum Gasteiger partial charge on any atom is -0.495 e. The van der Waals surface area contributed by atoms with Crippen molar-refractivity contribution in [3.05, 3.63) is 88.5 Å². The van der Waals surface area contributed by atoms with Crippen molar-refractivity contribution in [1.29, 1.82) is 0 Å². The zero-order valence-electron chi connectivity index (χ0n) is 18.1. The molecule has 0 saturated carbocycles. The second-order valence-electron chi connectivity index (χ2n) is 8.00. The Bertz CT molecular complexity index is 1270. The van der Waals surface area contributed by atoms with Crippen LogP contribution in [0.25, 0.3) is 17.8 Å². The van der Waals surface area contributed by atoms with E-state index in [0.717, 1.165) is 58.8 Å². The topological polar surface area (TPSA) is 57.8 Å². The molecule has 0 spiro atoms. The van der Waals surface area contributed by atoms with Crippen molar-refractivity contribution < 1.29 is 4.74 Å².